The minimum atomic E-state index is -0.237. The average molecular weight is 248 g/mol. The van der Waals surface area contributed by atoms with Crippen LogP contribution in [0.1, 0.15) is 23.2 Å². The van der Waals surface area contributed by atoms with E-state index in [1.54, 1.807) is 29.4 Å². The van der Waals surface area contributed by atoms with Gasteiger partial charge in [0.15, 0.2) is 0 Å². The van der Waals surface area contributed by atoms with Crippen molar-refractivity contribution in [3.05, 3.63) is 30.1 Å². The number of pyridine rings is 1. The Balaban J connectivity index is 2.05. The third-order valence-corrected chi connectivity index (χ3v) is 3.15. The van der Waals surface area contributed by atoms with Gasteiger partial charge in [0.2, 0.25) is 0 Å². The van der Waals surface area contributed by atoms with Gasteiger partial charge in [-0.3, -0.25) is 14.6 Å². The van der Waals surface area contributed by atoms with Crippen molar-refractivity contribution in [3.63, 3.8) is 0 Å². The first-order valence-electron chi connectivity index (χ1n) is 5.99. The van der Waals surface area contributed by atoms with Gasteiger partial charge in [0.05, 0.1) is 18.6 Å². The van der Waals surface area contributed by atoms with Gasteiger partial charge in [-0.25, -0.2) is 0 Å². The highest BCUT2D eigenvalue weighted by atomic mass is 16.5. The molecule has 0 spiro atoms. The largest absolute Gasteiger partial charge is 0.469 e. The van der Waals surface area contributed by atoms with Crippen LogP contribution in [0.25, 0.3) is 0 Å². The summed E-state index contributed by atoms with van der Waals surface area (Å²) >= 11 is 0. The molecular weight excluding hydrogens is 232 g/mol. The van der Waals surface area contributed by atoms with E-state index >= 15 is 0 Å². The van der Waals surface area contributed by atoms with Crippen LogP contribution in [-0.4, -0.2) is 42.0 Å². The van der Waals surface area contributed by atoms with Crippen molar-refractivity contribution in [1.29, 1.82) is 0 Å². The summed E-state index contributed by atoms with van der Waals surface area (Å²) in [5.74, 6) is -0.514. The molecule has 0 radical (unpaired) electrons. The van der Waals surface area contributed by atoms with Gasteiger partial charge in [-0.2, -0.15) is 0 Å². The number of piperidine rings is 1. The van der Waals surface area contributed by atoms with Gasteiger partial charge in [0.1, 0.15) is 0 Å². The van der Waals surface area contributed by atoms with Crippen LogP contribution in [0.2, 0.25) is 0 Å². The fourth-order valence-electron chi connectivity index (χ4n) is 2.19. The van der Waals surface area contributed by atoms with Crippen LogP contribution >= 0.6 is 0 Å². The number of esters is 1. The van der Waals surface area contributed by atoms with Crippen molar-refractivity contribution < 1.29 is 14.3 Å². The van der Waals surface area contributed by atoms with Gasteiger partial charge >= 0.3 is 5.97 Å². The van der Waals surface area contributed by atoms with Crippen LogP contribution in [-0.2, 0) is 9.53 Å². The minimum absolute atomic E-state index is 0.0725. The Morgan fingerprint density at radius 1 is 1.50 bits per heavy atom. The van der Waals surface area contributed by atoms with E-state index in [1.165, 1.54) is 7.11 Å². The van der Waals surface area contributed by atoms with Crippen LogP contribution in [0.4, 0.5) is 0 Å². The standard InChI is InChI=1S/C13H16N2O3/c1-18-13(17)11-5-3-7-15(9-11)12(16)10-4-2-6-14-8-10/h2,4,6,8,11H,3,5,7,9H2,1H3/t11-/m0/s1. The molecule has 1 aromatic rings. The van der Waals surface area contributed by atoms with Crippen molar-refractivity contribution in [2.24, 2.45) is 5.92 Å². The summed E-state index contributed by atoms with van der Waals surface area (Å²) in [7, 11) is 1.38. The number of hydrogen-bond acceptors (Lipinski definition) is 4. The topological polar surface area (TPSA) is 59.5 Å². The summed E-state index contributed by atoms with van der Waals surface area (Å²) in [5.41, 5.74) is 0.558. The Kier molecular flexibility index (Phi) is 3.92. The van der Waals surface area contributed by atoms with Gasteiger partial charge in [-0.15, -0.1) is 0 Å². The summed E-state index contributed by atoms with van der Waals surface area (Å²) in [4.78, 5) is 29.3. The van der Waals surface area contributed by atoms with E-state index in [9.17, 15) is 9.59 Å². The predicted octanol–water partition coefficient (Wildman–Crippen LogP) is 1.11. The number of aromatic nitrogens is 1. The zero-order valence-corrected chi connectivity index (χ0v) is 10.3. The highest BCUT2D eigenvalue weighted by molar-refractivity contribution is 5.94. The maximum Gasteiger partial charge on any atom is 0.310 e. The smallest absolute Gasteiger partial charge is 0.310 e. The average Bonchev–Trinajstić information content (AvgIpc) is 2.46. The van der Waals surface area contributed by atoms with Crippen LogP contribution < -0.4 is 0 Å². The summed E-state index contributed by atoms with van der Waals surface area (Å²) in [5, 5.41) is 0. The maximum absolute atomic E-state index is 12.2. The number of amides is 1. The predicted molar refractivity (Wildman–Crippen MR) is 64.9 cm³/mol. The Hall–Kier alpha value is -1.91. The molecule has 1 atom stereocenters. The third-order valence-electron chi connectivity index (χ3n) is 3.15. The number of likely N-dealkylation sites (tertiary alicyclic amines) is 1. The van der Waals surface area contributed by atoms with E-state index in [0.717, 1.165) is 12.8 Å². The molecule has 1 aliphatic rings. The second-order valence-electron chi connectivity index (χ2n) is 4.36. The molecule has 0 N–H and O–H groups in total. The van der Waals surface area contributed by atoms with E-state index in [-0.39, 0.29) is 17.8 Å². The van der Waals surface area contributed by atoms with Crippen molar-refractivity contribution >= 4 is 11.9 Å². The first kappa shape index (κ1) is 12.5. The van der Waals surface area contributed by atoms with Crippen molar-refractivity contribution in [3.8, 4) is 0 Å². The molecule has 96 valence electrons. The lowest BCUT2D eigenvalue weighted by Crippen LogP contribution is -2.42. The summed E-state index contributed by atoms with van der Waals surface area (Å²) in [6.45, 7) is 1.11. The molecule has 1 saturated heterocycles. The molecule has 0 aromatic carbocycles. The fraction of sp³-hybridized carbons (Fsp3) is 0.462. The summed E-state index contributed by atoms with van der Waals surface area (Å²) in [6, 6.07) is 3.46. The lowest BCUT2D eigenvalue weighted by atomic mass is 9.97. The van der Waals surface area contributed by atoms with E-state index in [1.807, 2.05) is 0 Å². The number of methoxy groups -OCH3 is 1. The van der Waals surface area contributed by atoms with Gasteiger partial charge in [-0.05, 0) is 25.0 Å². The molecule has 1 aliphatic heterocycles. The molecule has 1 fully saturated rings. The lowest BCUT2D eigenvalue weighted by molar-refractivity contribution is -0.146. The molecule has 1 aromatic heterocycles. The van der Waals surface area contributed by atoms with Crippen LogP contribution in [0.3, 0.4) is 0 Å². The molecule has 0 aliphatic carbocycles. The second-order valence-corrected chi connectivity index (χ2v) is 4.36. The molecule has 0 bridgehead atoms. The Labute approximate surface area is 106 Å². The fourth-order valence-corrected chi connectivity index (χ4v) is 2.19. The Morgan fingerprint density at radius 2 is 2.33 bits per heavy atom. The second kappa shape index (κ2) is 5.62. The van der Waals surface area contributed by atoms with E-state index in [0.29, 0.717) is 18.7 Å². The highest BCUT2D eigenvalue weighted by Crippen LogP contribution is 2.19. The normalized spacial score (nSPS) is 19.4. The zero-order valence-electron chi connectivity index (χ0n) is 10.3. The van der Waals surface area contributed by atoms with Gasteiger partial charge in [0.25, 0.3) is 5.91 Å². The van der Waals surface area contributed by atoms with Crippen molar-refractivity contribution in [2.75, 3.05) is 20.2 Å². The Bertz CT molecular complexity index is 433. The third kappa shape index (κ3) is 2.67. The molecule has 0 saturated carbocycles. The lowest BCUT2D eigenvalue weighted by Gasteiger charge is -2.31. The maximum atomic E-state index is 12.2. The van der Waals surface area contributed by atoms with E-state index < -0.39 is 0 Å². The minimum Gasteiger partial charge on any atom is -0.469 e. The molecule has 2 heterocycles. The van der Waals surface area contributed by atoms with Crippen LogP contribution in [0, 0.1) is 5.92 Å². The quantitative estimate of drug-likeness (QED) is 0.735. The number of carbonyl (C=O) groups excluding carboxylic acids is 2. The molecule has 2 rings (SSSR count). The number of rotatable bonds is 2. The van der Waals surface area contributed by atoms with Crippen LogP contribution in [0.15, 0.2) is 24.5 Å². The number of carbonyl (C=O) groups is 2. The first-order valence-corrected chi connectivity index (χ1v) is 5.99. The number of ether oxygens (including phenoxy) is 1. The number of nitrogens with zero attached hydrogens (tertiary/aromatic N) is 2. The van der Waals surface area contributed by atoms with Gasteiger partial charge in [-0.1, -0.05) is 0 Å². The first-order chi connectivity index (χ1) is 8.72. The van der Waals surface area contributed by atoms with Gasteiger partial charge in [0, 0.05) is 25.5 Å². The molecule has 0 unspecified atom stereocenters. The van der Waals surface area contributed by atoms with E-state index in [2.05, 4.69) is 4.98 Å². The van der Waals surface area contributed by atoms with Crippen LogP contribution in [0.5, 0.6) is 0 Å². The molecule has 1 amide bonds. The molecule has 5 nitrogen and oxygen atoms in total. The summed E-state index contributed by atoms with van der Waals surface area (Å²) < 4.78 is 4.73. The van der Waals surface area contributed by atoms with Crippen molar-refractivity contribution in [1.82, 2.24) is 9.88 Å². The number of hydrogen-bond donors (Lipinski definition) is 0. The monoisotopic (exact) mass is 248 g/mol. The SMILES string of the molecule is COC(=O)[C@H]1CCCN(C(=O)c2cccnc2)C1. The summed E-state index contributed by atoms with van der Waals surface area (Å²) in [6.07, 6.45) is 4.78. The van der Waals surface area contributed by atoms with Crippen molar-refractivity contribution in [2.45, 2.75) is 12.8 Å². The zero-order chi connectivity index (χ0) is 13.0. The molecule has 5 heteroatoms. The highest BCUT2D eigenvalue weighted by Gasteiger charge is 2.29. The van der Waals surface area contributed by atoms with E-state index in [4.69, 9.17) is 4.74 Å². The molecular formula is C13H16N2O3. The van der Waals surface area contributed by atoms with Gasteiger partial charge < -0.3 is 9.64 Å². The Morgan fingerprint density at radius 3 is 3.00 bits per heavy atom. The molecule has 18 heavy (non-hydrogen) atoms.